The number of hydrogen-bond donors (Lipinski definition) is 3. The summed E-state index contributed by atoms with van der Waals surface area (Å²) in [5.74, 6) is 0. The number of rotatable bonds is 8. The predicted octanol–water partition coefficient (Wildman–Crippen LogP) is 10.1. The Bertz CT molecular complexity index is 2330. The van der Waals surface area contributed by atoms with Gasteiger partial charge in [0.1, 0.15) is 0 Å². The number of nitrogens with two attached hydrogens (primary N) is 1. The lowest BCUT2D eigenvalue weighted by molar-refractivity contribution is 0.957. The number of dihydropyridines is 1. The van der Waals surface area contributed by atoms with Crippen molar-refractivity contribution < 1.29 is 0 Å². The summed E-state index contributed by atoms with van der Waals surface area (Å²) in [7, 11) is 0. The van der Waals surface area contributed by atoms with E-state index in [1.54, 1.807) is 12.3 Å². The molecule has 0 atom stereocenters. The van der Waals surface area contributed by atoms with E-state index in [0.717, 1.165) is 50.4 Å². The van der Waals surface area contributed by atoms with Crippen LogP contribution in [0.2, 0.25) is 0 Å². The van der Waals surface area contributed by atoms with Gasteiger partial charge in [-0.3, -0.25) is 0 Å². The molecule has 0 amide bonds. The largest absolute Gasteiger partial charge is 0.404 e. The van der Waals surface area contributed by atoms with Gasteiger partial charge in [-0.15, -0.1) is 0 Å². The van der Waals surface area contributed by atoms with Crippen LogP contribution in [0.15, 0.2) is 164 Å². The van der Waals surface area contributed by atoms with Crippen LogP contribution in [0, 0.1) is 5.41 Å². The lowest BCUT2D eigenvalue weighted by Gasteiger charge is -2.18. The maximum atomic E-state index is 7.75. The molecule has 0 aliphatic carbocycles. The normalized spacial score (nSPS) is 14.0. The van der Waals surface area contributed by atoms with E-state index in [1.165, 1.54) is 38.8 Å². The maximum absolute atomic E-state index is 7.75. The van der Waals surface area contributed by atoms with Gasteiger partial charge in [0.2, 0.25) is 0 Å². The summed E-state index contributed by atoms with van der Waals surface area (Å²) in [4.78, 5) is 0. The molecule has 7 rings (SSSR count). The average molecular weight is 609 g/mol. The second-order valence-electron chi connectivity index (χ2n) is 11.6. The van der Waals surface area contributed by atoms with Crippen molar-refractivity contribution in [2.24, 2.45) is 5.73 Å². The molecule has 0 saturated heterocycles. The van der Waals surface area contributed by atoms with E-state index in [4.69, 9.17) is 11.1 Å². The Morgan fingerprint density at radius 3 is 2.26 bits per heavy atom. The molecule has 4 nitrogen and oxygen atoms in total. The molecular formula is C43H36N4. The SMILES string of the molecule is C=C/C=C(\C=N)C1=CC=C(c2ccc3c(ccc4c5ccc(-c6ccc(C(/C=C\C)=C/N)cc6)cc5n(-c5ccccc5)c34)c2)NC1. The Balaban J connectivity index is 1.37. The monoisotopic (exact) mass is 608 g/mol. The topological polar surface area (TPSA) is 66.8 Å². The van der Waals surface area contributed by atoms with Gasteiger partial charge in [0, 0.05) is 46.5 Å². The summed E-state index contributed by atoms with van der Waals surface area (Å²) in [5, 5.41) is 16.1. The zero-order valence-corrected chi connectivity index (χ0v) is 26.4. The van der Waals surface area contributed by atoms with Crippen molar-refractivity contribution in [2.75, 3.05) is 6.54 Å². The van der Waals surface area contributed by atoms with E-state index in [2.05, 4.69) is 132 Å². The highest BCUT2D eigenvalue weighted by atomic mass is 15.0. The second-order valence-corrected chi connectivity index (χ2v) is 11.6. The molecule has 4 N–H and O–H groups in total. The van der Waals surface area contributed by atoms with E-state index in [0.29, 0.717) is 6.54 Å². The molecule has 2 heterocycles. The van der Waals surface area contributed by atoms with Crippen LogP contribution in [0.4, 0.5) is 0 Å². The van der Waals surface area contributed by atoms with E-state index in [9.17, 15) is 0 Å². The third-order valence-corrected chi connectivity index (χ3v) is 8.89. The van der Waals surface area contributed by atoms with Crippen LogP contribution in [0.1, 0.15) is 18.1 Å². The van der Waals surface area contributed by atoms with Crippen LogP contribution in [0.25, 0.3) is 60.7 Å². The van der Waals surface area contributed by atoms with Crippen molar-refractivity contribution >= 4 is 50.1 Å². The molecule has 0 radical (unpaired) electrons. The first-order chi connectivity index (χ1) is 23.1. The number of nitrogens with zero attached hydrogens (tertiary/aromatic N) is 1. The molecule has 1 aliphatic heterocycles. The molecule has 0 unspecified atom stereocenters. The summed E-state index contributed by atoms with van der Waals surface area (Å²) < 4.78 is 2.41. The van der Waals surface area contributed by atoms with Gasteiger partial charge in [-0.2, -0.15) is 0 Å². The van der Waals surface area contributed by atoms with Crippen molar-refractivity contribution in [2.45, 2.75) is 6.92 Å². The lowest BCUT2D eigenvalue weighted by Crippen LogP contribution is -2.20. The van der Waals surface area contributed by atoms with E-state index < -0.39 is 0 Å². The minimum atomic E-state index is 0.659. The Hall–Kier alpha value is -6.13. The molecular weight excluding hydrogens is 573 g/mol. The van der Waals surface area contributed by atoms with Gasteiger partial charge in [-0.1, -0.05) is 116 Å². The molecule has 228 valence electrons. The van der Waals surface area contributed by atoms with Crippen molar-refractivity contribution in [1.29, 1.82) is 5.41 Å². The molecule has 1 aromatic heterocycles. The molecule has 1 aliphatic rings. The minimum Gasteiger partial charge on any atom is -0.404 e. The van der Waals surface area contributed by atoms with Crippen molar-refractivity contribution in [3.63, 3.8) is 0 Å². The third kappa shape index (κ3) is 5.40. The van der Waals surface area contributed by atoms with Crippen molar-refractivity contribution in [3.05, 3.63) is 175 Å². The summed E-state index contributed by atoms with van der Waals surface area (Å²) in [6, 6.07) is 37.2. The number of benzene rings is 5. The Morgan fingerprint density at radius 1 is 0.809 bits per heavy atom. The number of nitrogens with one attached hydrogen (secondary N) is 2. The molecule has 5 aromatic carbocycles. The number of para-hydroxylation sites is 1. The van der Waals surface area contributed by atoms with Crippen LogP contribution in [0.5, 0.6) is 0 Å². The number of hydrogen-bond acceptors (Lipinski definition) is 3. The Kier molecular flexibility index (Phi) is 7.99. The van der Waals surface area contributed by atoms with Crippen LogP contribution in [-0.4, -0.2) is 17.3 Å². The molecule has 4 heteroatoms. The number of allylic oxidation sites excluding steroid dienone is 7. The van der Waals surface area contributed by atoms with E-state index >= 15 is 0 Å². The van der Waals surface area contributed by atoms with Gasteiger partial charge < -0.3 is 21.0 Å². The Labute approximate surface area is 275 Å². The zero-order valence-electron chi connectivity index (χ0n) is 26.4. The third-order valence-electron chi connectivity index (χ3n) is 8.89. The first-order valence-electron chi connectivity index (χ1n) is 15.8. The molecule has 0 saturated carbocycles. The number of fused-ring (bicyclic) bond motifs is 5. The highest BCUT2D eigenvalue weighted by Crippen LogP contribution is 2.39. The second kappa shape index (κ2) is 12.7. The number of aromatic nitrogens is 1. The van der Waals surface area contributed by atoms with Gasteiger partial charge in [0.25, 0.3) is 0 Å². The van der Waals surface area contributed by atoms with Crippen molar-refractivity contribution in [1.82, 2.24) is 9.88 Å². The van der Waals surface area contributed by atoms with Gasteiger partial charge in [0.05, 0.1) is 11.0 Å². The van der Waals surface area contributed by atoms with Crippen molar-refractivity contribution in [3.8, 4) is 16.8 Å². The fourth-order valence-electron chi connectivity index (χ4n) is 6.58. The first-order valence-corrected chi connectivity index (χ1v) is 15.8. The smallest absolute Gasteiger partial charge is 0.0619 e. The predicted molar refractivity (Wildman–Crippen MR) is 202 cm³/mol. The van der Waals surface area contributed by atoms with Gasteiger partial charge in [-0.25, -0.2) is 0 Å². The molecule has 0 spiro atoms. The van der Waals surface area contributed by atoms with Crippen LogP contribution in [0.3, 0.4) is 0 Å². The molecule has 0 fully saturated rings. The van der Waals surface area contributed by atoms with E-state index in [1.807, 2.05) is 25.2 Å². The summed E-state index contributed by atoms with van der Waals surface area (Å²) in [6.45, 7) is 6.44. The summed E-state index contributed by atoms with van der Waals surface area (Å²) in [6.07, 6.45) is 14.8. The van der Waals surface area contributed by atoms with Gasteiger partial charge in [0.15, 0.2) is 0 Å². The van der Waals surface area contributed by atoms with E-state index in [-0.39, 0.29) is 0 Å². The highest BCUT2D eigenvalue weighted by molar-refractivity contribution is 6.19. The standard InChI is InChI=1S/C43H36N4/c1-3-8-34(26-44)30-14-12-29(13-15-30)31-16-21-39-40-22-17-32-24-33(41-23-19-36(28-46-41)35(27-45)9-4-2)18-20-38(32)43(40)47(42(39)25-31)37-10-6-5-7-11-37/h3-27,45-46H,2,28,44H2,1H3/b8-3-,34-26+,35-9+,45-27?. The maximum Gasteiger partial charge on any atom is 0.0619 e. The lowest BCUT2D eigenvalue weighted by atomic mass is 9.98. The van der Waals surface area contributed by atoms with Crippen LogP contribution < -0.4 is 11.1 Å². The fraction of sp³-hybridized carbons (Fsp3) is 0.0465. The fourth-order valence-corrected chi connectivity index (χ4v) is 6.58. The quantitative estimate of drug-likeness (QED) is 0.119. The van der Waals surface area contributed by atoms with Gasteiger partial charge in [-0.05, 0) is 81.6 Å². The minimum absolute atomic E-state index is 0.659. The van der Waals surface area contributed by atoms with Crippen LogP contribution >= 0.6 is 0 Å². The molecule has 47 heavy (non-hydrogen) atoms. The zero-order chi connectivity index (χ0) is 32.3. The highest BCUT2D eigenvalue weighted by Gasteiger charge is 2.17. The summed E-state index contributed by atoms with van der Waals surface area (Å²) in [5.41, 5.74) is 17.9. The van der Waals surface area contributed by atoms with Gasteiger partial charge >= 0.3 is 0 Å². The Morgan fingerprint density at radius 2 is 1.55 bits per heavy atom. The van der Waals surface area contributed by atoms with Crippen LogP contribution in [-0.2, 0) is 0 Å². The first kappa shape index (κ1) is 29.6. The molecule has 0 bridgehead atoms. The molecule has 6 aromatic rings. The average Bonchev–Trinajstić information content (AvgIpc) is 3.47. The summed E-state index contributed by atoms with van der Waals surface area (Å²) >= 11 is 0.